The number of hydrogen-bond acceptors (Lipinski definition) is 7. The van der Waals surface area contributed by atoms with Gasteiger partial charge in [0, 0.05) is 41.6 Å². The summed E-state index contributed by atoms with van der Waals surface area (Å²) in [4.78, 5) is 8.71. The van der Waals surface area contributed by atoms with E-state index in [4.69, 9.17) is 9.47 Å². The quantitative estimate of drug-likeness (QED) is 0.461. The SMILES string of the molecule is COc1cc(F)cc(F)c1CNc1ccc(-c2cnc(OC(C)C)nc2C)c2nncn12. The van der Waals surface area contributed by atoms with Crippen LogP contribution in [0.1, 0.15) is 25.1 Å². The summed E-state index contributed by atoms with van der Waals surface area (Å²) >= 11 is 0. The number of benzene rings is 1. The second-order valence-electron chi connectivity index (χ2n) is 7.40. The van der Waals surface area contributed by atoms with E-state index >= 15 is 0 Å². The first-order valence-electron chi connectivity index (χ1n) is 9.96. The van der Waals surface area contributed by atoms with E-state index in [1.807, 2.05) is 32.9 Å². The molecule has 0 saturated carbocycles. The molecule has 0 unspecified atom stereocenters. The minimum atomic E-state index is -0.698. The number of aromatic nitrogens is 5. The summed E-state index contributed by atoms with van der Waals surface area (Å²) in [5, 5.41) is 11.4. The lowest BCUT2D eigenvalue weighted by Crippen LogP contribution is -2.09. The monoisotopic (exact) mass is 440 g/mol. The largest absolute Gasteiger partial charge is 0.496 e. The molecule has 0 saturated heterocycles. The smallest absolute Gasteiger partial charge is 0.316 e. The Morgan fingerprint density at radius 1 is 1.16 bits per heavy atom. The highest BCUT2D eigenvalue weighted by Gasteiger charge is 2.16. The number of nitrogens with one attached hydrogen (secondary N) is 1. The Kier molecular flexibility index (Phi) is 5.85. The van der Waals surface area contributed by atoms with E-state index in [0.717, 1.165) is 29.0 Å². The second kappa shape index (κ2) is 8.74. The first-order valence-corrected chi connectivity index (χ1v) is 9.96. The molecule has 0 spiro atoms. The van der Waals surface area contributed by atoms with Crippen LogP contribution in [-0.4, -0.2) is 37.8 Å². The number of hydrogen-bond donors (Lipinski definition) is 1. The third kappa shape index (κ3) is 4.16. The van der Waals surface area contributed by atoms with E-state index in [9.17, 15) is 8.78 Å². The van der Waals surface area contributed by atoms with Crippen molar-refractivity contribution in [2.24, 2.45) is 0 Å². The van der Waals surface area contributed by atoms with Gasteiger partial charge in [0.05, 0.1) is 18.9 Å². The second-order valence-corrected chi connectivity index (χ2v) is 7.40. The average molecular weight is 440 g/mol. The zero-order valence-corrected chi connectivity index (χ0v) is 18.1. The average Bonchev–Trinajstić information content (AvgIpc) is 3.23. The molecule has 10 heteroatoms. The van der Waals surface area contributed by atoms with Crippen LogP contribution >= 0.6 is 0 Å². The van der Waals surface area contributed by atoms with Gasteiger partial charge in [0.1, 0.15) is 29.5 Å². The fourth-order valence-corrected chi connectivity index (χ4v) is 3.36. The van der Waals surface area contributed by atoms with Crippen LogP contribution in [0.4, 0.5) is 14.6 Å². The van der Waals surface area contributed by atoms with Gasteiger partial charge < -0.3 is 14.8 Å². The van der Waals surface area contributed by atoms with Crippen molar-refractivity contribution in [3.63, 3.8) is 0 Å². The van der Waals surface area contributed by atoms with E-state index < -0.39 is 11.6 Å². The molecule has 0 radical (unpaired) electrons. The zero-order valence-electron chi connectivity index (χ0n) is 18.1. The fraction of sp³-hybridized carbons (Fsp3) is 0.273. The van der Waals surface area contributed by atoms with Gasteiger partial charge in [-0.15, -0.1) is 10.2 Å². The van der Waals surface area contributed by atoms with Crippen molar-refractivity contribution < 1.29 is 18.3 Å². The van der Waals surface area contributed by atoms with Gasteiger partial charge >= 0.3 is 6.01 Å². The molecule has 3 heterocycles. The van der Waals surface area contributed by atoms with E-state index in [-0.39, 0.29) is 24.0 Å². The number of ether oxygens (including phenoxy) is 2. The lowest BCUT2D eigenvalue weighted by molar-refractivity contribution is 0.221. The van der Waals surface area contributed by atoms with Crippen molar-refractivity contribution in [1.82, 2.24) is 24.6 Å². The molecule has 0 atom stereocenters. The number of nitrogens with zero attached hydrogens (tertiary/aromatic N) is 5. The highest BCUT2D eigenvalue weighted by molar-refractivity contribution is 5.79. The van der Waals surface area contributed by atoms with Gasteiger partial charge in [0.25, 0.3) is 0 Å². The van der Waals surface area contributed by atoms with Crippen molar-refractivity contribution >= 4 is 11.5 Å². The fourth-order valence-electron chi connectivity index (χ4n) is 3.36. The molecule has 0 aliphatic carbocycles. The number of pyridine rings is 1. The minimum Gasteiger partial charge on any atom is -0.496 e. The van der Waals surface area contributed by atoms with E-state index in [1.165, 1.54) is 7.11 Å². The predicted octanol–water partition coefficient (Wildman–Crippen LogP) is 4.18. The summed E-state index contributed by atoms with van der Waals surface area (Å²) in [7, 11) is 1.37. The Morgan fingerprint density at radius 3 is 2.69 bits per heavy atom. The van der Waals surface area contributed by atoms with E-state index in [2.05, 4.69) is 25.5 Å². The number of halogens is 2. The van der Waals surface area contributed by atoms with Crippen LogP contribution in [0.5, 0.6) is 11.8 Å². The molecular weight excluding hydrogens is 418 g/mol. The summed E-state index contributed by atoms with van der Waals surface area (Å²) in [6.07, 6.45) is 3.21. The Morgan fingerprint density at radius 2 is 1.97 bits per heavy atom. The van der Waals surface area contributed by atoms with Crippen LogP contribution < -0.4 is 14.8 Å². The van der Waals surface area contributed by atoms with Crippen molar-refractivity contribution in [2.45, 2.75) is 33.4 Å². The Bertz CT molecular complexity index is 1270. The summed E-state index contributed by atoms with van der Waals surface area (Å²) in [5.41, 5.74) is 3.10. The number of anilines is 1. The molecule has 8 nitrogen and oxygen atoms in total. The predicted molar refractivity (Wildman–Crippen MR) is 115 cm³/mol. The van der Waals surface area contributed by atoms with E-state index in [0.29, 0.717) is 17.5 Å². The van der Waals surface area contributed by atoms with Crippen LogP contribution in [-0.2, 0) is 6.54 Å². The van der Waals surface area contributed by atoms with Crippen LogP contribution in [0.15, 0.2) is 36.8 Å². The van der Waals surface area contributed by atoms with Gasteiger partial charge in [0.15, 0.2) is 5.65 Å². The molecule has 4 rings (SSSR count). The molecule has 0 aliphatic heterocycles. The molecule has 0 fully saturated rings. The maximum Gasteiger partial charge on any atom is 0.316 e. The van der Waals surface area contributed by atoms with Crippen molar-refractivity contribution in [3.8, 4) is 22.9 Å². The third-order valence-corrected chi connectivity index (χ3v) is 4.83. The topological polar surface area (TPSA) is 86.5 Å². The molecule has 32 heavy (non-hydrogen) atoms. The molecule has 166 valence electrons. The number of rotatable bonds is 7. The Labute approximate surface area is 183 Å². The van der Waals surface area contributed by atoms with Crippen LogP contribution in [0.3, 0.4) is 0 Å². The molecule has 0 aliphatic rings. The van der Waals surface area contributed by atoms with Gasteiger partial charge in [-0.3, -0.25) is 4.40 Å². The molecule has 1 aromatic carbocycles. The maximum atomic E-state index is 14.3. The van der Waals surface area contributed by atoms with Gasteiger partial charge in [-0.25, -0.2) is 13.8 Å². The van der Waals surface area contributed by atoms with Gasteiger partial charge in [-0.05, 0) is 32.9 Å². The van der Waals surface area contributed by atoms with E-state index in [1.54, 1.807) is 16.9 Å². The molecule has 1 N–H and O–H groups in total. The highest BCUT2D eigenvalue weighted by Crippen LogP contribution is 2.29. The molecule has 0 bridgehead atoms. The number of fused-ring (bicyclic) bond motifs is 1. The third-order valence-electron chi connectivity index (χ3n) is 4.83. The molecule has 0 amide bonds. The standard InChI is InChI=1S/C22H22F2N6O2/c1-12(2)32-22-26-9-16(13(3)28-22)15-5-6-20(30-11-27-29-21(15)30)25-10-17-18(24)7-14(23)8-19(17)31-4/h5-9,11-12,25H,10H2,1-4H3. The van der Waals surface area contributed by atoms with Crippen molar-refractivity contribution in [1.29, 1.82) is 0 Å². The van der Waals surface area contributed by atoms with Gasteiger partial charge in [-0.1, -0.05) is 0 Å². The summed E-state index contributed by atoms with van der Waals surface area (Å²) in [6.45, 7) is 5.76. The van der Waals surface area contributed by atoms with Crippen molar-refractivity contribution in [2.75, 3.05) is 12.4 Å². The molecular formula is C22H22F2N6O2. The van der Waals surface area contributed by atoms with Crippen molar-refractivity contribution in [3.05, 3.63) is 59.7 Å². The lowest BCUT2D eigenvalue weighted by Gasteiger charge is -2.14. The van der Waals surface area contributed by atoms with Crippen LogP contribution in [0, 0.1) is 18.6 Å². The number of aryl methyl sites for hydroxylation is 1. The van der Waals surface area contributed by atoms with Gasteiger partial charge in [-0.2, -0.15) is 4.98 Å². The summed E-state index contributed by atoms with van der Waals surface area (Å²) in [6, 6.07) is 5.96. The molecule has 3 aromatic heterocycles. The number of methoxy groups -OCH3 is 1. The highest BCUT2D eigenvalue weighted by atomic mass is 19.1. The summed E-state index contributed by atoms with van der Waals surface area (Å²) < 4.78 is 40.2. The Hall–Kier alpha value is -3.82. The first kappa shape index (κ1) is 21.4. The normalized spacial score (nSPS) is 11.2. The summed E-state index contributed by atoms with van der Waals surface area (Å²) in [5.74, 6) is -0.639. The Balaban J connectivity index is 1.66. The molecule has 4 aromatic rings. The zero-order chi connectivity index (χ0) is 22.8. The first-order chi connectivity index (χ1) is 15.4. The van der Waals surface area contributed by atoms with Gasteiger partial charge in [0.2, 0.25) is 0 Å². The minimum absolute atomic E-state index is 0.0293. The lowest BCUT2D eigenvalue weighted by atomic mass is 10.1. The maximum absolute atomic E-state index is 14.3. The van der Waals surface area contributed by atoms with Crippen LogP contribution in [0.25, 0.3) is 16.8 Å². The van der Waals surface area contributed by atoms with Crippen LogP contribution in [0.2, 0.25) is 0 Å².